The first-order valence-corrected chi connectivity index (χ1v) is 6.03. The Balaban J connectivity index is 2.44. The minimum Gasteiger partial charge on any atom is -0.406 e. The van der Waals surface area contributed by atoms with Gasteiger partial charge in [0.1, 0.15) is 11.4 Å². The molecule has 0 amide bonds. The fraction of sp³-hybridized carbons (Fsp3) is 0.154. The third-order valence-electron chi connectivity index (χ3n) is 2.44. The first kappa shape index (κ1) is 16.4. The normalized spacial score (nSPS) is 12.3. The zero-order valence-electron chi connectivity index (χ0n) is 10.5. The SMILES string of the molecule is FC(F)(F)Oc1cccc(-c2cc(Cl)cc(C(F)(F)F)n2)c1. The molecule has 0 saturated carbocycles. The molecule has 2 aromatic rings. The molecule has 0 aliphatic heterocycles. The standard InChI is InChI=1S/C13H6ClF6NO/c14-8-5-10(21-11(6-8)12(15,16)17)7-2-1-3-9(4-7)22-13(18,19)20/h1-6H. The second kappa shape index (κ2) is 5.68. The fourth-order valence-corrected chi connectivity index (χ4v) is 1.85. The minimum atomic E-state index is -4.91. The molecule has 0 atom stereocenters. The van der Waals surface area contributed by atoms with Gasteiger partial charge in [0.2, 0.25) is 0 Å². The third kappa shape index (κ3) is 4.27. The van der Waals surface area contributed by atoms with E-state index in [1.54, 1.807) is 0 Å². The summed E-state index contributed by atoms with van der Waals surface area (Å²) >= 11 is 5.60. The Labute approximate surface area is 125 Å². The van der Waals surface area contributed by atoms with Crippen LogP contribution < -0.4 is 4.74 Å². The van der Waals surface area contributed by atoms with Gasteiger partial charge in [0.05, 0.1) is 5.69 Å². The third-order valence-corrected chi connectivity index (χ3v) is 2.66. The van der Waals surface area contributed by atoms with Gasteiger partial charge in [-0.25, -0.2) is 4.98 Å². The Hall–Kier alpha value is -1.96. The van der Waals surface area contributed by atoms with Gasteiger partial charge >= 0.3 is 12.5 Å². The fourth-order valence-electron chi connectivity index (χ4n) is 1.64. The van der Waals surface area contributed by atoms with Gasteiger partial charge in [0.25, 0.3) is 0 Å². The first-order valence-electron chi connectivity index (χ1n) is 5.65. The monoisotopic (exact) mass is 341 g/mol. The Bertz CT molecular complexity index is 683. The Morgan fingerprint density at radius 2 is 1.64 bits per heavy atom. The molecule has 0 N–H and O–H groups in total. The number of alkyl halides is 6. The number of aromatic nitrogens is 1. The summed E-state index contributed by atoms with van der Waals surface area (Å²) in [6.45, 7) is 0. The molecule has 2 rings (SSSR count). The molecule has 118 valence electrons. The summed E-state index contributed by atoms with van der Waals surface area (Å²) in [6.07, 6.45) is -9.63. The van der Waals surface area contributed by atoms with Crippen molar-refractivity contribution in [2.24, 2.45) is 0 Å². The number of nitrogens with zero attached hydrogens (tertiary/aromatic N) is 1. The molecule has 22 heavy (non-hydrogen) atoms. The van der Waals surface area contributed by atoms with Crippen LogP contribution in [-0.4, -0.2) is 11.3 Å². The molecule has 0 unspecified atom stereocenters. The molecular weight excluding hydrogens is 336 g/mol. The number of rotatable bonds is 2. The Morgan fingerprint density at radius 1 is 0.955 bits per heavy atom. The van der Waals surface area contributed by atoms with E-state index < -0.39 is 24.0 Å². The summed E-state index contributed by atoms with van der Waals surface area (Å²) in [6, 6.07) is 6.18. The van der Waals surface area contributed by atoms with Crippen LogP contribution in [0.5, 0.6) is 5.75 Å². The Kier molecular flexibility index (Phi) is 4.23. The van der Waals surface area contributed by atoms with Gasteiger partial charge in [-0.1, -0.05) is 23.7 Å². The lowest BCUT2D eigenvalue weighted by atomic mass is 10.1. The van der Waals surface area contributed by atoms with Crippen molar-refractivity contribution in [3.63, 3.8) is 0 Å². The second-order valence-corrected chi connectivity index (χ2v) is 4.57. The van der Waals surface area contributed by atoms with Crippen molar-refractivity contribution in [2.75, 3.05) is 0 Å². The summed E-state index contributed by atoms with van der Waals surface area (Å²) in [5.41, 5.74) is -1.45. The highest BCUT2D eigenvalue weighted by molar-refractivity contribution is 6.30. The van der Waals surface area contributed by atoms with Gasteiger partial charge in [0, 0.05) is 10.6 Å². The van der Waals surface area contributed by atoms with Gasteiger partial charge in [0.15, 0.2) is 0 Å². The average Bonchev–Trinajstić information content (AvgIpc) is 2.35. The van der Waals surface area contributed by atoms with E-state index in [1.165, 1.54) is 12.1 Å². The van der Waals surface area contributed by atoms with E-state index in [1.807, 2.05) is 0 Å². The van der Waals surface area contributed by atoms with Gasteiger partial charge in [-0.15, -0.1) is 13.2 Å². The maximum Gasteiger partial charge on any atom is 0.573 e. The maximum atomic E-state index is 12.7. The average molecular weight is 342 g/mol. The molecule has 1 heterocycles. The van der Waals surface area contributed by atoms with Crippen molar-refractivity contribution < 1.29 is 31.1 Å². The first-order chi connectivity index (χ1) is 10.0. The zero-order chi connectivity index (χ0) is 16.5. The lowest BCUT2D eigenvalue weighted by Crippen LogP contribution is -2.17. The van der Waals surface area contributed by atoms with Gasteiger partial charge in [-0.05, 0) is 24.3 Å². The summed E-state index contributed by atoms with van der Waals surface area (Å²) in [5.74, 6) is -0.569. The molecule has 0 saturated heterocycles. The number of benzene rings is 1. The lowest BCUT2D eigenvalue weighted by Gasteiger charge is -2.11. The number of ether oxygens (including phenoxy) is 1. The highest BCUT2D eigenvalue weighted by Gasteiger charge is 2.33. The van der Waals surface area contributed by atoms with E-state index >= 15 is 0 Å². The number of halogens is 7. The molecule has 1 aromatic heterocycles. The summed E-state index contributed by atoms with van der Waals surface area (Å²) in [7, 11) is 0. The molecule has 0 radical (unpaired) electrons. The minimum absolute atomic E-state index is 0.00903. The summed E-state index contributed by atoms with van der Waals surface area (Å²) < 4.78 is 78.2. The van der Waals surface area contributed by atoms with Crippen molar-refractivity contribution in [2.45, 2.75) is 12.5 Å². The summed E-state index contributed by atoms with van der Waals surface area (Å²) in [5, 5.41) is -0.237. The second-order valence-electron chi connectivity index (χ2n) is 4.13. The van der Waals surface area contributed by atoms with Crippen LogP contribution in [0, 0.1) is 0 Å². The zero-order valence-corrected chi connectivity index (χ0v) is 11.2. The van der Waals surface area contributed by atoms with Crippen LogP contribution in [0.2, 0.25) is 5.02 Å². The van der Waals surface area contributed by atoms with Gasteiger partial charge in [-0.2, -0.15) is 13.2 Å². The van der Waals surface area contributed by atoms with Crippen LogP contribution in [0.25, 0.3) is 11.3 Å². The molecule has 0 aliphatic rings. The van der Waals surface area contributed by atoms with Crippen LogP contribution in [0.3, 0.4) is 0 Å². The van der Waals surface area contributed by atoms with E-state index in [0.717, 1.165) is 18.2 Å². The van der Waals surface area contributed by atoms with Crippen molar-refractivity contribution in [1.82, 2.24) is 4.98 Å². The van der Waals surface area contributed by atoms with Crippen LogP contribution in [0.4, 0.5) is 26.3 Å². The molecule has 2 nitrogen and oxygen atoms in total. The highest BCUT2D eigenvalue weighted by Crippen LogP contribution is 2.33. The van der Waals surface area contributed by atoms with Crippen molar-refractivity contribution in [1.29, 1.82) is 0 Å². The number of hydrogen-bond acceptors (Lipinski definition) is 2. The van der Waals surface area contributed by atoms with Crippen LogP contribution >= 0.6 is 11.6 Å². The molecule has 0 bridgehead atoms. The van der Waals surface area contributed by atoms with E-state index in [-0.39, 0.29) is 16.3 Å². The van der Waals surface area contributed by atoms with Crippen LogP contribution in [0.15, 0.2) is 36.4 Å². The van der Waals surface area contributed by atoms with Gasteiger partial charge < -0.3 is 4.74 Å². The highest BCUT2D eigenvalue weighted by atomic mass is 35.5. The molecule has 0 aliphatic carbocycles. The topological polar surface area (TPSA) is 22.1 Å². The summed E-state index contributed by atoms with van der Waals surface area (Å²) in [4.78, 5) is 3.37. The quantitative estimate of drug-likeness (QED) is 0.690. The molecule has 9 heteroatoms. The number of hydrogen-bond donors (Lipinski definition) is 0. The maximum absolute atomic E-state index is 12.7. The molecule has 0 fully saturated rings. The van der Waals surface area contributed by atoms with Crippen molar-refractivity contribution in [3.05, 3.63) is 47.1 Å². The smallest absolute Gasteiger partial charge is 0.406 e. The predicted octanol–water partition coefficient (Wildman–Crippen LogP) is 5.32. The van der Waals surface area contributed by atoms with Crippen molar-refractivity contribution >= 4 is 11.6 Å². The largest absolute Gasteiger partial charge is 0.573 e. The van der Waals surface area contributed by atoms with E-state index in [0.29, 0.717) is 6.07 Å². The van der Waals surface area contributed by atoms with Crippen LogP contribution in [-0.2, 0) is 6.18 Å². The molecule has 1 aromatic carbocycles. The lowest BCUT2D eigenvalue weighted by molar-refractivity contribution is -0.274. The van der Waals surface area contributed by atoms with E-state index in [2.05, 4.69) is 9.72 Å². The van der Waals surface area contributed by atoms with Crippen molar-refractivity contribution in [3.8, 4) is 17.0 Å². The predicted molar refractivity (Wildman–Crippen MR) is 66.4 cm³/mol. The van der Waals surface area contributed by atoms with E-state index in [9.17, 15) is 26.3 Å². The molecular formula is C13H6ClF6NO. The number of pyridine rings is 1. The van der Waals surface area contributed by atoms with Crippen LogP contribution in [0.1, 0.15) is 5.69 Å². The van der Waals surface area contributed by atoms with E-state index in [4.69, 9.17) is 11.6 Å². The Morgan fingerprint density at radius 3 is 2.23 bits per heavy atom. The van der Waals surface area contributed by atoms with Gasteiger partial charge in [-0.3, -0.25) is 0 Å². The molecule has 0 spiro atoms.